The Kier molecular flexibility index (Phi) is 6.93. The molecule has 0 bridgehead atoms. The van der Waals surface area contributed by atoms with Crippen LogP contribution in [0.15, 0.2) is 47.6 Å². The first-order chi connectivity index (χ1) is 17.2. The number of ether oxygens (including phenoxy) is 1. The fourth-order valence-corrected chi connectivity index (χ4v) is 4.80. The third-order valence-corrected chi connectivity index (χ3v) is 7.01. The monoisotopic (exact) mass is 474 g/mol. The first-order valence-electron chi connectivity index (χ1n) is 12.8. The SMILES string of the molecule is CCON=Cc1c(-c2ccc(NC(=O)NC3CCC3)cc2)n(C2CCC2)c2cc(OCC)ccc12. The summed E-state index contributed by atoms with van der Waals surface area (Å²) in [5, 5.41) is 11.3. The molecule has 0 spiro atoms. The summed E-state index contributed by atoms with van der Waals surface area (Å²) < 4.78 is 8.27. The van der Waals surface area contributed by atoms with E-state index in [1.54, 1.807) is 0 Å². The molecule has 2 amide bonds. The maximum absolute atomic E-state index is 12.3. The molecule has 0 atom stereocenters. The van der Waals surface area contributed by atoms with Gasteiger partial charge < -0.3 is 24.8 Å². The molecule has 2 saturated carbocycles. The molecule has 1 heterocycles. The zero-order chi connectivity index (χ0) is 24.2. The number of carbonyl (C=O) groups excluding carboxylic acids is 1. The Morgan fingerprint density at radius 1 is 1.06 bits per heavy atom. The minimum Gasteiger partial charge on any atom is -0.494 e. The number of rotatable bonds is 9. The first kappa shape index (κ1) is 23.3. The molecule has 5 rings (SSSR count). The van der Waals surface area contributed by atoms with Crippen LogP contribution in [-0.4, -0.2) is 36.1 Å². The van der Waals surface area contributed by atoms with E-state index in [0.29, 0.717) is 25.3 Å². The number of carbonyl (C=O) groups is 1. The lowest BCUT2D eigenvalue weighted by molar-refractivity contribution is 0.160. The summed E-state index contributed by atoms with van der Waals surface area (Å²) in [5.41, 5.74) is 5.16. The van der Waals surface area contributed by atoms with Crippen LogP contribution in [0.5, 0.6) is 5.75 Å². The van der Waals surface area contributed by atoms with Gasteiger partial charge in [-0.25, -0.2) is 4.79 Å². The number of amides is 2. The third kappa shape index (κ3) is 4.85. The highest BCUT2D eigenvalue weighted by atomic mass is 16.6. The average molecular weight is 475 g/mol. The zero-order valence-electron chi connectivity index (χ0n) is 20.5. The normalized spacial score (nSPS) is 16.2. The van der Waals surface area contributed by atoms with E-state index < -0.39 is 0 Å². The molecule has 35 heavy (non-hydrogen) atoms. The third-order valence-electron chi connectivity index (χ3n) is 7.01. The van der Waals surface area contributed by atoms with Gasteiger partial charge in [-0.05, 0) is 82.2 Å². The molecule has 3 aromatic rings. The Bertz CT molecular complexity index is 1210. The number of nitrogens with zero attached hydrogens (tertiary/aromatic N) is 2. The fraction of sp³-hybridized carbons (Fsp3) is 0.429. The number of benzene rings is 2. The summed E-state index contributed by atoms with van der Waals surface area (Å²) in [4.78, 5) is 17.6. The summed E-state index contributed by atoms with van der Waals surface area (Å²) in [7, 11) is 0. The number of anilines is 1. The van der Waals surface area contributed by atoms with Gasteiger partial charge in [0.2, 0.25) is 0 Å². The number of oxime groups is 1. The molecule has 2 N–H and O–H groups in total. The highest BCUT2D eigenvalue weighted by Crippen LogP contribution is 2.43. The van der Waals surface area contributed by atoms with Crippen LogP contribution in [0.25, 0.3) is 22.2 Å². The zero-order valence-corrected chi connectivity index (χ0v) is 20.5. The minimum absolute atomic E-state index is 0.140. The molecule has 0 saturated heterocycles. The quantitative estimate of drug-likeness (QED) is 0.275. The number of hydrogen-bond acceptors (Lipinski definition) is 4. The van der Waals surface area contributed by atoms with Crippen LogP contribution < -0.4 is 15.4 Å². The van der Waals surface area contributed by atoms with Gasteiger partial charge in [-0.15, -0.1) is 0 Å². The second kappa shape index (κ2) is 10.4. The molecule has 0 radical (unpaired) electrons. The predicted molar refractivity (Wildman–Crippen MR) is 140 cm³/mol. The minimum atomic E-state index is -0.140. The molecule has 0 aliphatic heterocycles. The fourth-order valence-electron chi connectivity index (χ4n) is 4.80. The van der Waals surface area contributed by atoms with Crippen molar-refractivity contribution >= 4 is 28.8 Å². The lowest BCUT2D eigenvalue weighted by atomic mass is 9.92. The van der Waals surface area contributed by atoms with Crippen molar-refractivity contribution in [3.8, 4) is 17.0 Å². The van der Waals surface area contributed by atoms with Gasteiger partial charge >= 0.3 is 6.03 Å². The average Bonchev–Trinajstić information content (AvgIpc) is 3.09. The van der Waals surface area contributed by atoms with Crippen molar-refractivity contribution < 1.29 is 14.4 Å². The van der Waals surface area contributed by atoms with Crippen molar-refractivity contribution in [2.24, 2.45) is 5.16 Å². The van der Waals surface area contributed by atoms with E-state index in [0.717, 1.165) is 64.8 Å². The summed E-state index contributed by atoms with van der Waals surface area (Å²) >= 11 is 0. The molecule has 7 heteroatoms. The van der Waals surface area contributed by atoms with Crippen LogP contribution in [0.4, 0.5) is 10.5 Å². The molecule has 2 aliphatic rings. The van der Waals surface area contributed by atoms with Gasteiger partial charge in [0, 0.05) is 34.8 Å². The van der Waals surface area contributed by atoms with E-state index >= 15 is 0 Å². The Hall–Kier alpha value is -3.48. The van der Waals surface area contributed by atoms with Crippen molar-refractivity contribution in [2.75, 3.05) is 18.5 Å². The van der Waals surface area contributed by atoms with Gasteiger partial charge in [0.25, 0.3) is 0 Å². The van der Waals surface area contributed by atoms with Crippen molar-refractivity contribution in [3.63, 3.8) is 0 Å². The van der Waals surface area contributed by atoms with Crippen LogP contribution in [0.1, 0.15) is 64.0 Å². The number of nitrogens with one attached hydrogen (secondary N) is 2. The molecule has 2 aliphatic carbocycles. The van der Waals surface area contributed by atoms with Crippen LogP contribution >= 0.6 is 0 Å². The van der Waals surface area contributed by atoms with Gasteiger partial charge in [-0.3, -0.25) is 0 Å². The summed E-state index contributed by atoms with van der Waals surface area (Å²) in [6, 6.07) is 15.0. The molecule has 2 fully saturated rings. The number of urea groups is 1. The number of fused-ring (bicyclic) bond motifs is 1. The topological polar surface area (TPSA) is 76.9 Å². The summed E-state index contributed by atoms with van der Waals surface area (Å²) in [6.45, 7) is 5.08. The summed E-state index contributed by atoms with van der Waals surface area (Å²) in [5.74, 6) is 0.870. The molecule has 0 unspecified atom stereocenters. The van der Waals surface area contributed by atoms with E-state index in [2.05, 4.69) is 44.6 Å². The molecule has 184 valence electrons. The van der Waals surface area contributed by atoms with E-state index in [1.165, 1.54) is 12.8 Å². The molecule has 1 aromatic heterocycles. The molecular formula is C28H34N4O3. The number of aromatic nitrogens is 1. The Labute approximate surface area is 206 Å². The van der Waals surface area contributed by atoms with Crippen LogP contribution in [0, 0.1) is 0 Å². The predicted octanol–water partition coefficient (Wildman–Crippen LogP) is 6.48. The molecule has 2 aromatic carbocycles. The van der Waals surface area contributed by atoms with E-state index in [1.807, 2.05) is 38.3 Å². The van der Waals surface area contributed by atoms with Crippen molar-refractivity contribution in [3.05, 3.63) is 48.0 Å². The van der Waals surface area contributed by atoms with Crippen molar-refractivity contribution in [1.29, 1.82) is 0 Å². The maximum atomic E-state index is 12.3. The second-order valence-electron chi connectivity index (χ2n) is 9.28. The highest BCUT2D eigenvalue weighted by Gasteiger charge is 2.27. The van der Waals surface area contributed by atoms with Crippen molar-refractivity contribution in [1.82, 2.24) is 9.88 Å². The lowest BCUT2D eigenvalue weighted by Crippen LogP contribution is -2.41. The standard InChI is InChI=1S/C28H34N4O3/c1-3-34-23-15-16-24-25(18-29-35-4-2)27(32(26(24)17-23)22-9-6-10-22)19-11-13-21(14-12-19)31-28(33)30-20-7-5-8-20/h11-18,20,22H,3-10H2,1-2H3,(H2,30,31,33). The summed E-state index contributed by atoms with van der Waals surface area (Å²) in [6.07, 6.45) is 8.68. The lowest BCUT2D eigenvalue weighted by Gasteiger charge is -2.30. The Balaban J connectivity index is 1.54. The van der Waals surface area contributed by atoms with E-state index in [-0.39, 0.29) is 6.03 Å². The van der Waals surface area contributed by atoms with Gasteiger partial charge in [0.05, 0.1) is 24.0 Å². The second-order valence-corrected chi connectivity index (χ2v) is 9.28. The number of hydrogen-bond donors (Lipinski definition) is 2. The first-order valence-corrected chi connectivity index (χ1v) is 12.8. The molecule has 7 nitrogen and oxygen atoms in total. The smallest absolute Gasteiger partial charge is 0.319 e. The maximum Gasteiger partial charge on any atom is 0.319 e. The molecular weight excluding hydrogens is 440 g/mol. The Morgan fingerprint density at radius 3 is 2.46 bits per heavy atom. The van der Waals surface area contributed by atoms with E-state index in [9.17, 15) is 4.79 Å². The van der Waals surface area contributed by atoms with Crippen molar-refractivity contribution in [2.45, 2.75) is 64.5 Å². The van der Waals surface area contributed by atoms with Gasteiger partial charge in [-0.2, -0.15) is 0 Å². The Morgan fingerprint density at radius 2 is 1.83 bits per heavy atom. The van der Waals surface area contributed by atoms with Crippen LogP contribution in [0.2, 0.25) is 0 Å². The van der Waals surface area contributed by atoms with E-state index in [4.69, 9.17) is 9.57 Å². The van der Waals surface area contributed by atoms with Gasteiger partial charge in [-0.1, -0.05) is 17.3 Å². The largest absolute Gasteiger partial charge is 0.494 e. The van der Waals surface area contributed by atoms with Gasteiger partial charge in [0.1, 0.15) is 12.4 Å². The van der Waals surface area contributed by atoms with Crippen LogP contribution in [0.3, 0.4) is 0 Å². The highest BCUT2D eigenvalue weighted by molar-refractivity contribution is 6.07. The van der Waals surface area contributed by atoms with Crippen LogP contribution in [-0.2, 0) is 4.84 Å². The van der Waals surface area contributed by atoms with Gasteiger partial charge in [0.15, 0.2) is 0 Å².